The van der Waals surface area contributed by atoms with Crippen LogP contribution < -0.4 is 0 Å². The van der Waals surface area contributed by atoms with Crippen molar-refractivity contribution in [2.24, 2.45) is 0 Å². The minimum Gasteiger partial charge on any atom is -0.192 e. The predicted molar refractivity (Wildman–Crippen MR) is 66.0 cm³/mol. The maximum Gasteiger partial charge on any atom is 0.0966 e. The van der Waals surface area contributed by atoms with Gasteiger partial charge < -0.3 is 0 Å². The molecule has 0 spiro atoms. The van der Waals surface area contributed by atoms with Crippen LogP contribution in [-0.2, 0) is 0 Å². The Morgan fingerprint density at radius 1 is 0.600 bits per heavy atom. The second-order valence-corrected chi connectivity index (χ2v) is 5.12. The first-order valence-electron chi connectivity index (χ1n) is 4.29. The van der Waals surface area contributed by atoms with E-state index < -0.39 is 0 Å². The standard InChI is InChI=1S/C9H3N3S3/c1-4-7(10-13-1)5-2-15-12-9(5)6-3-14-11-8(4)6/h1-3H. The Kier molecular flexibility index (Phi) is 1.47. The van der Waals surface area contributed by atoms with E-state index in [-0.39, 0.29) is 0 Å². The molecule has 0 fully saturated rings. The van der Waals surface area contributed by atoms with Gasteiger partial charge in [0.25, 0.3) is 0 Å². The van der Waals surface area contributed by atoms with Crippen molar-refractivity contribution in [3.8, 4) is 0 Å². The zero-order valence-electron chi connectivity index (χ0n) is 7.30. The highest BCUT2D eigenvalue weighted by Gasteiger charge is 2.13. The third kappa shape index (κ3) is 0.914. The Morgan fingerprint density at radius 3 is 1.27 bits per heavy atom. The van der Waals surface area contributed by atoms with Crippen LogP contribution in [0.3, 0.4) is 0 Å². The number of benzene rings is 1. The van der Waals surface area contributed by atoms with E-state index in [0.717, 1.165) is 32.7 Å². The molecule has 3 aromatic heterocycles. The highest BCUT2D eigenvalue weighted by Crippen LogP contribution is 2.35. The normalized spacial score (nSPS) is 12.0. The number of hydrogen-bond donors (Lipinski definition) is 0. The molecule has 0 aliphatic heterocycles. The van der Waals surface area contributed by atoms with Gasteiger partial charge in [0.1, 0.15) is 0 Å². The summed E-state index contributed by atoms with van der Waals surface area (Å²) in [6.45, 7) is 0. The first-order valence-corrected chi connectivity index (χ1v) is 6.80. The van der Waals surface area contributed by atoms with Crippen molar-refractivity contribution < 1.29 is 0 Å². The summed E-state index contributed by atoms with van der Waals surface area (Å²) in [6, 6.07) is 0. The van der Waals surface area contributed by atoms with Gasteiger partial charge in [-0.25, -0.2) is 0 Å². The molecule has 0 bridgehead atoms. The topological polar surface area (TPSA) is 38.7 Å². The molecule has 3 heterocycles. The first-order chi connectivity index (χ1) is 7.45. The quantitative estimate of drug-likeness (QED) is 0.478. The van der Waals surface area contributed by atoms with Gasteiger partial charge in [0.15, 0.2) is 0 Å². The Morgan fingerprint density at radius 2 is 0.933 bits per heavy atom. The molecule has 0 aliphatic rings. The van der Waals surface area contributed by atoms with Crippen LogP contribution in [-0.4, -0.2) is 13.1 Å². The van der Waals surface area contributed by atoms with Gasteiger partial charge in [-0.05, 0) is 34.6 Å². The molecule has 0 N–H and O–H groups in total. The van der Waals surface area contributed by atoms with Crippen LogP contribution >= 0.6 is 34.6 Å². The molecule has 72 valence electrons. The number of aromatic nitrogens is 3. The average Bonchev–Trinajstić information content (AvgIpc) is 2.97. The van der Waals surface area contributed by atoms with Gasteiger partial charge in [-0.15, -0.1) is 0 Å². The van der Waals surface area contributed by atoms with Gasteiger partial charge in [-0.2, -0.15) is 13.1 Å². The van der Waals surface area contributed by atoms with Gasteiger partial charge in [-0.3, -0.25) is 0 Å². The van der Waals surface area contributed by atoms with Crippen LogP contribution in [0.1, 0.15) is 0 Å². The van der Waals surface area contributed by atoms with E-state index in [4.69, 9.17) is 0 Å². The van der Waals surface area contributed by atoms with Crippen molar-refractivity contribution in [1.29, 1.82) is 0 Å². The summed E-state index contributed by atoms with van der Waals surface area (Å²) in [5.41, 5.74) is 3.13. The van der Waals surface area contributed by atoms with E-state index in [1.54, 1.807) is 0 Å². The number of hydrogen-bond acceptors (Lipinski definition) is 6. The molecular formula is C9H3N3S3. The minimum atomic E-state index is 1.04. The molecule has 4 aromatic rings. The first kappa shape index (κ1) is 8.09. The molecule has 0 aliphatic carbocycles. The lowest BCUT2D eigenvalue weighted by Gasteiger charge is -1.93. The van der Waals surface area contributed by atoms with Crippen LogP contribution in [0.25, 0.3) is 32.7 Å². The van der Waals surface area contributed by atoms with Crippen molar-refractivity contribution >= 4 is 67.3 Å². The van der Waals surface area contributed by atoms with Crippen molar-refractivity contribution in [2.75, 3.05) is 0 Å². The summed E-state index contributed by atoms with van der Waals surface area (Å²) in [5.74, 6) is 0. The van der Waals surface area contributed by atoms with Crippen molar-refractivity contribution in [1.82, 2.24) is 13.1 Å². The SMILES string of the molecule is c1snc2c1c1nscc1c1nscc21. The van der Waals surface area contributed by atoms with Crippen molar-refractivity contribution in [2.45, 2.75) is 0 Å². The van der Waals surface area contributed by atoms with E-state index in [1.165, 1.54) is 34.6 Å². The summed E-state index contributed by atoms with van der Waals surface area (Å²) in [7, 11) is 0. The predicted octanol–water partition coefficient (Wildman–Crippen LogP) is 3.52. The number of nitrogens with zero attached hydrogens (tertiary/aromatic N) is 3. The monoisotopic (exact) mass is 249 g/mol. The molecule has 4 rings (SSSR count). The maximum atomic E-state index is 4.42. The van der Waals surface area contributed by atoms with E-state index in [2.05, 4.69) is 29.3 Å². The fraction of sp³-hybridized carbons (Fsp3) is 0. The third-order valence-electron chi connectivity index (χ3n) is 2.47. The zero-order chi connectivity index (χ0) is 9.83. The fourth-order valence-corrected chi connectivity index (χ4v) is 3.85. The van der Waals surface area contributed by atoms with Gasteiger partial charge in [0.2, 0.25) is 0 Å². The highest BCUT2D eigenvalue weighted by atomic mass is 32.1. The molecular weight excluding hydrogens is 246 g/mol. The summed E-state index contributed by atoms with van der Waals surface area (Å²) >= 11 is 4.44. The lowest BCUT2D eigenvalue weighted by molar-refractivity contribution is 1.67. The fourth-order valence-electron chi connectivity index (χ4n) is 1.80. The van der Waals surface area contributed by atoms with Gasteiger partial charge in [0, 0.05) is 32.3 Å². The maximum absolute atomic E-state index is 4.42. The molecule has 1 aromatic carbocycles. The lowest BCUT2D eigenvalue weighted by Crippen LogP contribution is -1.75. The van der Waals surface area contributed by atoms with Crippen LogP contribution in [0, 0.1) is 0 Å². The molecule has 0 atom stereocenters. The van der Waals surface area contributed by atoms with E-state index >= 15 is 0 Å². The Bertz CT molecular complexity index is 585. The summed E-state index contributed by atoms with van der Waals surface area (Å²) < 4.78 is 13.3. The molecule has 0 unspecified atom stereocenters. The van der Waals surface area contributed by atoms with Crippen LogP contribution in [0.15, 0.2) is 16.1 Å². The summed E-state index contributed by atoms with van der Waals surface area (Å²) in [6.07, 6.45) is 0. The molecule has 0 amide bonds. The van der Waals surface area contributed by atoms with Gasteiger partial charge in [0.05, 0.1) is 16.6 Å². The molecule has 0 radical (unpaired) electrons. The molecule has 15 heavy (non-hydrogen) atoms. The number of rotatable bonds is 0. The van der Waals surface area contributed by atoms with Crippen molar-refractivity contribution in [3.05, 3.63) is 16.1 Å². The van der Waals surface area contributed by atoms with Gasteiger partial charge in [-0.1, -0.05) is 0 Å². The van der Waals surface area contributed by atoms with E-state index in [9.17, 15) is 0 Å². The smallest absolute Gasteiger partial charge is 0.0966 e. The Labute approximate surface area is 96.5 Å². The molecule has 3 nitrogen and oxygen atoms in total. The largest absolute Gasteiger partial charge is 0.192 e. The van der Waals surface area contributed by atoms with E-state index in [1.807, 2.05) is 0 Å². The molecule has 0 saturated carbocycles. The van der Waals surface area contributed by atoms with E-state index in [0.29, 0.717) is 0 Å². The second-order valence-electron chi connectivity index (χ2n) is 3.23. The van der Waals surface area contributed by atoms with Crippen LogP contribution in [0.2, 0.25) is 0 Å². The van der Waals surface area contributed by atoms with Crippen LogP contribution in [0.4, 0.5) is 0 Å². The summed E-state index contributed by atoms with van der Waals surface area (Å²) in [4.78, 5) is 0. The van der Waals surface area contributed by atoms with Gasteiger partial charge >= 0.3 is 0 Å². The summed E-state index contributed by atoms with van der Waals surface area (Å²) in [5, 5.41) is 9.66. The second kappa shape index (κ2) is 2.72. The van der Waals surface area contributed by atoms with Crippen molar-refractivity contribution in [3.63, 3.8) is 0 Å². The minimum absolute atomic E-state index is 1.04. The average molecular weight is 249 g/mol. The van der Waals surface area contributed by atoms with Crippen LogP contribution in [0.5, 0.6) is 0 Å². The molecule has 0 saturated heterocycles. The zero-order valence-corrected chi connectivity index (χ0v) is 9.75. The third-order valence-corrected chi connectivity index (χ3v) is 4.36. The molecule has 6 heteroatoms. The Balaban J connectivity index is 2.56. The highest BCUT2D eigenvalue weighted by molar-refractivity contribution is 7.07. The number of fused-ring (bicyclic) bond motifs is 6. The lowest BCUT2D eigenvalue weighted by atomic mass is 10.1. The Hall–Kier alpha value is -1.11.